The molecule has 0 aliphatic carbocycles. The third-order valence-corrected chi connectivity index (χ3v) is 1.82. The van der Waals surface area contributed by atoms with Crippen molar-refractivity contribution in [2.75, 3.05) is 6.54 Å². The van der Waals surface area contributed by atoms with E-state index in [1.165, 1.54) is 0 Å². The summed E-state index contributed by atoms with van der Waals surface area (Å²) in [7, 11) is 0. The summed E-state index contributed by atoms with van der Waals surface area (Å²) in [5, 5.41) is 0. The molecule has 0 aliphatic heterocycles. The number of hydrogen-bond acceptors (Lipinski definition) is 1. The smallest absolute Gasteiger partial charge is 0.219 e. The lowest BCUT2D eigenvalue weighted by molar-refractivity contribution is -0.135. The van der Waals surface area contributed by atoms with Gasteiger partial charge in [0.2, 0.25) is 5.91 Å². The molecule has 13 heavy (non-hydrogen) atoms. The standard InChI is InChI=1S/C11H23NO/c1-9(13)12(11(5,6)7)8-10(2,3)4/h8H2,1-7H3. The van der Waals surface area contributed by atoms with Gasteiger partial charge < -0.3 is 4.90 Å². The third kappa shape index (κ3) is 4.91. The number of carbonyl (C=O) groups excluding carboxylic acids is 1. The zero-order valence-corrected chi connectivity index (χ0v) is 10.1. The van der Waals surface area contributed by atoms with Gasteiger partial charge in [-0.05, 0) is 26.2 Å². The highest BCUT2D eigenvalue weighted by atomic mass is 16.2. The Kier molecular flexibility index (Phi) is 3.54. The Balaban J connectivity index is 4.56. The van der Waals surface area contributed by atoms with Gasteiger partial charge in [-0.1, -0.05) is 20.8 Å². The highest BCUT2D eigenvalue weighted by Crippen LogP contribution is 2.21. The number of hydrogen-bond donors (Lipinski definition) is 0. The van der Waals surface area contributed by atoms with E-state index >= 15 is 0 Å². The van der Waals surface area contributed by atoms with Gasteiger partial charge in [-0.3, -0.25) is 4.79 Å². The molecule has 0 saturated carbocycles. The number of rotatable bonds is 1. The van der Waals surface area contributed by atoms with E-state index in [9.17, 15) is 4.79 Å². The van der Waals surface area contributed by atoms with Crippen LogP contribution in [0.3, 0.4) is 0 Å². The van der Waals surface area contributed by atoms with Crippen LogP contribution in [-0.2, 0) is 4.79 Å². The predicted molar refractivity (Wildman–Crippen MR) is 56.6 cm³/mol. The second-order valence-corrected chi connectivity index (χ2v) is 5.84. The lowest BCUT2D eigenvalue weighted by atomic mass is 9.93. The van der Waals surface area contributed by atoms with Crippen LogP contribution in [0.15, 0.2) is 0 Å². The molecule has 0 atom stereocenters. The van der Waals surface area contributed by atoms with Gasteiger partial charge in [0, 0.05) is 19.0 Å². The summed E-state index contributed by atoms with van der Waals surface area (Å²) in [5.74, 6) is 0.155. The summed E-state index contributed by atoms with van der Waals surface area (Å²) in [6, 6.07) is 0. The molecular formula is C11H23NO. The Hall–Kier alpha value is -0.530. The minimum Gasteiger partial charge on any atom is -0.338 e. The summed E-state index contributed by atoms with van der Waals surface area (Å²) in [6.45, 7) is 15.1. The fourth-order valence-corrected chi connectivity index (χ4v) is 1.30. The first-order valence-corrected chi connectivity index (χ1v) is 4.82. The van der Waals surface area contributed by atoms with Gasteiger partial charge >= 0.3 is 0 Å². The van der Waals surface area contributed by atoms with Crippen LogP contribution >= 0.6 is 0 Å². The predicted octanol–water partition coefficient (Wildman–Crippen LogP) is 2.68. The van der Waals surface area contributed by atoms with Crippen LogP contribution in [0, 0.1) is 5.41 Å². The Morgan fingerprint density at radius 1 is 1.08 bits per heavy atom. The highest BCUT2D eigenvalue weighted by molar-refractivity contribution is 5.74. The molecule has 0 heterocycles. The summed E-state index contributed by atoms with van der Waals surface area (Å²) < 4.78 is 0. The van der Waals surface area contributed by atoms with Crippen molar-refractivity contribution in [3.8, 4) is 0 Å². The molecular weight excluding hydrogens is 162 g/mol. The van der Waals surface area contributed by atoms with Crippen molar-refractivity contribution in [2.24, 2.45) is 5.41 Å². The first-order chi connectivity index (χ1) is 5.54. The summed E-state index contributed by atoms with van der Waals surface area (Å²) >= 11 is 0. The molecule has 0 aromatic heterocycles. The van der Waals surface area contributed by atoms with Crippen LogP contribution in [0.1, 0.15) is 48.5 Å². The summed E-state index contributed by atoms with van der Waals surface area (Å²) in [6.07, 6.45) is 0. The summed E-state index contributed by atoms with van der Waals surface area (Å²) in [4.78, 5) is 13.3. The maximum absolute atomic E-state index is 11.4. The minimum absolute atomic E-state index is 0.0703. The largest absolute Gasteiger partial charge is 0.338 e. The average molecular weight is 185 g/mol. The first-order valence-electron chi connectivity index (χ1n) is 4.82. The van der Waals surface area contributed by atoms with Gasteiger partial charge in [-0.15, -0.1) is 0 Å². The summed E-state index contributed by atoms with van der Waals surface area (Å²) in [5.41, 5.74) is 0.0953. The maximum Gasteiger partial charge on any atom is 0.219 e. The van der Waals surface area contributed by atoms with E-state index < -0.39 is 0 Å². The Bertz CT molecular complexity index is 183. The van der Waals surface area contributed by atoms with Crippen LogP contribution < -0.4 is 0 Å². The molecule has 0 fully saturated rings. The molecule has 0 bridgehead atoms. The van der Waals surface area contributed by atoms with Gasteiger partial charge in [0.25, 0.3) is 0 Å². The second-order valence-electron chi connectivity index (χ2n) is 5.84. The zero-order valence-electron chi connectivity index (χ0n) is 10.1. The van der Waals surface area contributed by atoms with E-state index in [0.29, 0.717) is 0 Å². The van der Waals surface area contributed by atoms with Crippen molar-refractivity contribution >= 4 is 5.91 Å². The van der Waals surface area contributed by atoms with Crippen LogP contribution in [0.5, 0.6) is 0 Å². The fraction of sp³-hybridized carbons (Fsp3) is 0.909. The molecule has 2 heteroatoms. The molecule has 0 aliphatic rings. The van der Waals surface area contributed by atoms with Crippen LogP contribution in [0.2, 0.25) is 0 Å². The van der Waals surface area contributed by atoms with E-state index in [2.05, 4.69) is 41.5 Å². The number of nitrogens with zero attached hydrogens (tertiary/aromatic N) is 1. The van der Waals surface area contributed by atoms with Crippen LogP contribution in [-0.4, -0.2) is 22.9 Å². The van der Waals surface area contributed by atoms with E-state index in [4.69, 9.17) is 0 Å². The normalized spacial score (nSPS) is 12.8. The lowest BCUT2D eigenvalue weighted by Gasteiger charge is -2.39. The molecule has 0 rings (SSSR count). The molecule has 2 nitrogen and oxygen atoms in total. The Labute approximate surface area is 82.3 Å². The lowest BCUT2D eigenvalue weighted by Crippen LogP contribution is -2.48. The van der Waals surface area contributed by atoms with Crippen molar-refractivity contribution in [1.82, 2.24) is 4.90 Å². The van der Waals surface area contributed by atoms with Crippen LogP contribution in [0.25, 0.3) is 0 Å². The topological polar surface area (TPSA) is 20.3 Å². The van der Waals surface area contributed by atoms with Gasteiger partial charge in [-0.25, -0.2) is 0 Å². The number of amides is 1. The molecule has 0 aromatic carbocycles. The SMILES string of the molecule is CC(=O)N(CC(C)(C)C)C(C)(C)C. The van der Waals surface area contributed by atoms with Crippen molar-refractivity contribution in [3.63, 3.8) is 0 Å². The van der Waals surface area contributed by atoms with Gasteiger partial charge in [-0.2, -0.15) is 0 Å². The second kappa shape index (κ2) is 3.69. The number of carbonyl (C=O) groups is 1. The minimum atomic E-state index is -0.0703. The quantitative estimate of drug-likeness (QED) is 0.615. The van der Waals surface area contributed by atoms with E-state index in [1.807, 2.05) is 4.90 Å². The third-order valence-electron chi connectivity index (χ3n) is 1.82. The molecule has 0 N–H and O–H groups in total. The Morgan fingerprint density at radius 2 is 1.46 bits per heavy atom. The molecule has 78 valence electrons. The van der Waals surface area contributed by atoms with Gasteiger partial charge in [0.15, 0.2) is 0 Å². The highest BCUT2D eigenvalue weighted by Gasteiger charge is 2.27. The van der Waals surface area contributed by atoms with Gasteiger partial charge in [0.1, 0.15) is 0 Å². The Morgan fingerprint density at radius 3 is 1.54 bits per heavy atom. The van der Waals surface area contributed by atoms with E-state index in [-0.39, 0.29) is 16.9 Å². The maximum atomic E-state index is 11.4. The monoisotopic (exact) mass is 185 g/mol. The van der Waals surface area contributed by atoms with Gasteiger partial charge in [0.05, 0.1) is 0 Å². The molecule has 0 spiro atoms. The van der Waals surface area contributed by atoms with Crippen LogP contribution in [0.4, 0.5) is 0 Å². The zero-order chi connectivity index (χ0) is 10.9. The van der Waals surface area contributed by atoms with Crippen molar-refractivity contribution in [3.05, 3.63) is 0 Å². The van der Waals surface area contributed by atoms with E-state index in [1.54, 1.807) is 6.92 Å². The molecule has 0 aromatic rings. The molecule has 0 radical (unpaired) electrons. The van der Waals surface area contributed by atoms with E-state index in [0.717, 1.165) is 6.54 Å². The molecule has 1 amide bonds. The molecule has 0 saturated heterocycles. The first kappa shape index (κ1) is 12.5. The fourth-order valence-electron chi connectivity index (χ4n) is 1.30. The average Bonchev–Trinajstić information content (AvgIpc) is 1.77. The molecule has 0 unspecified atom stereocenters. The van der Waals surface area contributed by atoms with Crippen molar-refractivity contribution in [1.29, 1.82) is 0 Å². The van der Waals surface area contributed by atoms with Crippen molar-refractivity contribution < 1.29 is 4.79 Å². The van der Waals surface area contributed by atoms with Crippen molar-refractivity contribution in [2.45, 2.75) is 54.0 Å².